The fourth-order valence-corrected chi connectivity index (χ4v) is 3.41. The van der Waals surface area contributed by atoms with Crippen molar-refractivity contribution < 1.29 is 0 Å². The van der Waals surface area contributed by atoms with Crippen molar-refractivity contribution in [1.29, 1.82) is 5.26 Å². The lowest BCUT2D eigenvalue weighted by atomic mass is 10.0. The van der Waals surface area contributed by atoms with Gasteiger partial charge in [0.1, 0.15) is 6.07 Å². The summed E-state index contributed by atoms with van der Waals surface area (Å²) in [6.07, 6.45) is 10.9. The Bertz CT molecular complexity index is 1030. The number of nitriles is 1. The first-order valence-electron chi connectivity index (χ1n) is 9.16. The van der Waals surface area contributed by atoms with Gasteiger partial charge in [0, 0.05) is 16.7 Å². The fourth-order valence-electron chi connectivity index (χ4n) is 2.77. The number of allylic oxidation sites excluding steroid dienone is 7. The standard InChI is InChI=1S/C25H25N3S/c1-5-6-10-25(29-4)19(3)21-11-13-22(14-12-21)24-9-7-8-23(28-24)18(2)15-20(16-26)17-27/h5-16H,1,26H2,2-4H3/b10-6-,18-15+,20-16+,25-19-. The van der Waals surface area contributed by atoms with Crippen LogP contribution in [0.4, 0.5) is 0 Å². The largest absolute Gasteiger partial charge is 0.404 e. The molecule has 29 heavy (non-hydrogen) atoms. The van der Waals surface area contributed by atoms with Crippen molar-refractivity contribution in [3.8, 4) is 17.3 Å². The van der Waals surface area contributed by atoms with E-state index in [4.69, 9.17) is 16.0 Å². The van der Waals surface area contributed by atoms with Crippen LogP contribution in [0.1, 0.15) is 25.1 Å². The molecule has 1 aromatic heterocycles. The topological polar surface area (TPSA) is 62.7 Å². The Labute approximate surface area is 177 Å². The van der Waals surface area contributed by atoms with Gasteiger partial charge >= 0.3 is 0 Å². The van der Waals surface area contributed by atoms with E-state index in [-0.39, 0.29) is 0 Å². The normalized spacial score (nSPS) is 13.2. The molecule has 0 amide bonds. The van der Waals surface area contributed by atoms with Crippen molar-refractivity contribution in [1.82, 2.24) is 4.98 Å². The summed E-state index contributed by atoms with van der Waals surface area (Å²) in [5.41, 5.74) is 11.9. The maximum absolute atomic E-state index is 9.05. The van der Waals surface area contributed by atoms with Crippen molar-refractivity contribution in [2.24, 2.45) is 5.73 Å². The molecule has 0 aliphatic heterocycles. The molecule has 2 N–H and O–H groups in total. The molecule has 2 rings (SSSR count). The third kappa shape index (κ3) is 5.84. The van der Waals surface area contributed by atoms with E-state index in [1.54, 1.807) is 23.9 Å². The van der Waals surface area contributed by atoms with Crippen molar-refractivity contribution in [2.75, 3.05) is 6.26 Å². The molecule has 1 aromatic carbocycles. The molecule has 0 saturated carbocycles. The molecule has 2 aromatic rings. The molecule has 0 aliphatic rings. The molecule has 146 valence electrons. The summed E-state index contributed by atoms with van der Waals surface area (Å²) < 4.78 is 0. The van der Waals surface area contributed by atoms with E-state index in [1.165, 1.54) is 22.2 Å². The van der Waals surface area contributed by atoms with Gasteiger partial charge in [0.05, 0.1) is 17.0 Å². The number of rotatable bonds is 7. The van der Waals surface area contributed by atoms with Crippen LogP contribution in [0.3, 0.4) is 0 Å². The van der Waals surface area contributed by atoms with Gasteiger partial charge in [-0.15, -0.1) is 11.8 Å². The molecule has 0 fully saturated rings. The molecule has 1 heterocycles. The van der Waals surface area contributed by atoms with Gasteiger partial charge in [-0.05, 0) is 61.1 Å². The number of nitrogens with two attached hydrogens (primary N) is 1. The van der Waals surface area contributed by atoms with Gasteiger partial charge in [-0.25, -0.2) is 4.98 Å². The summed E-state index contributed by atoms with van der Waals surface area (Å²) in [6.45, 7) is 7.78. The van der Waals surface area contributed by atoms with Crippen LogP contribution < -0.4 is 5.73 Å². The minimum absolute atomic E-state index is 0.413. The minimum Gasteiger partial charge on any atom is -0.404 e. The van der Waals surface area contributed by atoms with E-state index < -0.39 is 0 Å². The van der Waals surface area contributed by atoms with Gasteiger partial charge in [0.25, 0.3) is 0 Å². The Morgan fingerprint density at radius 1 is 1.17 bits per heavy atom. The van der Waals surface area contributed by atoms with E-state index in [1.807, 2.05) is 31.2 Å². The number of benzene rings is 1. The summed E-state index contributed by atoms with van der Waals surface area (Å²) in [5.74, 6) is 0. The highest BCUT2D eigenvalue weighted by molar-refractivity contribution is 8.02. The van der Waals surface area contributed by atoms with E-state index in [9.17, 15) is 0 Å². The molecule has 0 atom stereocenters. The second kappa shape index (κ2) is 10.9. The van der Waals surface area contributed by atoms with Gasteiger partial charge in [0.2, 0.25) is 0 Å². The second-order valence-corrected chi connectivity index (χ2v) is 7.18. The summed E-state index contributed by atoms with van der Waals surface area (Å²) in [6, 6.07) is 16.3. The second-order valence-electron chi connectivity index (χ2n) is 6.33. The van der Waals surface area contributed by atoms with Gasteiger partial charge in [0.15, 0.2) is 0 Å². The maximum Gasteiger partial charge on any atom is 0.101 e. The predicted octanol–water partition coefficient (Wildman–Crippen LogP) is 6.35. The van der Waals surface area contributed by atoms with E-state index >= 15 is 0 Å². The van der Waals surface area contributed by atoms with Gasteiger partial charge in [-0.3, -0.25) is 0 Å². The summed E-state index contributed by atoms with van der Waals surface area (Å²) in [7, 11) is 0. The zero-order valence-electron chi connectivity index (χ0n) is 17.0. The molecule has 0 aliphatic carbocycles. The first-order valence-corrected chi connectivity index (χ1v) is 10.4. The van der Waals surface area contributed by atoms with Crippen LogP contribution >= 0.6 is 11.8 Å². The monoisotopic (exact) mass is 399 g/mol. The number of aromatic nitrogens is 1. The average molecular weight is 400 g/mol. The van der Waals surface area contributed by atoms with Crippen LogP contribution in [-0.2, 0) is 0 Å². The summed E-state index contributed by atoms with van der Waals surface area (Å²) >= 11 is 1.72. The van der Waals surface area contributed by atoms with Crippen molar-refractivity contribution >= 4 is 22.9 Å². The lowest BCUT2D eigenvalue weighted by Crippen LogP contribution is -1.92. The van der Waals surface area contributed by atoms with E-state index in [2.05, 4.69) is 56.2 Å². The van der Waals surface area contributed by atoms with E-state index in [0.29, 0.717) is 5.57 Å². The van der Waals surface area contributed by atoms with Gasteiger partial charge in [-0.1, -0.05) is 49.1 Å². The minimum atomic E-state index is 0.413. The fraction of sp³-hybridized carbons (Fsp3) is 0.120. The van der Waals surface area contributed by atoms with Crippen LogP contribution in [0.5, 0.6) is 0 Å². The van der Waals surface area contributed by atoms with Crippen molar-refractivity contribution in [3.63, 3.8) is 0 Å². The first kappa shape index (κ1) is 22.0. The Hall–Kier alpha value is -3.29. The summed E-state index contributed by atoms with van der Waals surface area (Å²) in [4.78, 5) is 5.95. The highest BCUT2D eigenvalue weighted by Crippen LogP contribution is 2.28. The number of hydrogen-bond donors (Lipinski definition) is 1. The van der Waals surface area contributed by atoms with Crippen molar-refractivity contribution in [3.05, 3.63) is 101 Å². The van der Waals surface area contributed by atoms with Crippen LogP contribution in [0, 0.1) is 11.3 Å². The lowest BCUT2D eigenvalue weighted by Gasteiger charge is -2.09. The summed E-state index contributed by atoms with van der Waals surface area (Å²) in [5, 5.41) is 9.05. The average Bonchev–Trinajstić information content (AvgIpc) is 2.77. The third-order valence-electron chi connectivity index (χ3n) is 4.42. The van der Waals surface area contributed by atoms with Crippen LogP contribution in [0.2, 0.25) is 0 Å². The third-order valence-corrected chi connectivity index (χ3v) is 5.30. The highest BCUT2D eigenvalue weighted by Gasteiger charge is 2.06. The van der Waals surface area contributed by atoms with Gasteiger partial charge < -0.3 is 5.73 Å². The van der Waals surface area contributed by atoms with Crippen LogP contribution in [-0.4, -0.2) is 11.2 Å². The van der Waals surface area contributed by atoms with Crippen LogP contribution in [0.15, 0.2) is 90.0 Å². The zero-order chi connectivity index (χ0) is 21.2. The highest BCUT2D eigenvalue weighted by atomic mass is 32.2. The number of hydrogen-bond acceptors (Lipinski definition) is 4. The Kier molecular flexibility index (Phi) is 8.27. The molecule has 0 saturated heterocycles. The quantitative estimate of drug-likeness (QED) is 0.435. The molecular weight excluding hydrogens is 374 g/mol. The Morgan fingerprint density at radius 2 is 1.90 bits per heavy atom. The molecule has 0 radical (unpaired) electrons. The molecule has 0 unspecified atom stereocenters. The first-order chi connectivity index (χ1) is 14.0. The number of pyridine rings is 1. The van der Waals surface area contributed by atoms with Crippen LogP contribution in [0.25, 0.3) is 22.4 Å². The maximum atomic E-state index is 9.05. The SMILES string of the molecule is C=C/C=C\C(SC)=C(/C)c1ccc(-c2cccc(/C(C)=C/C(C#N)=C\N)n2)cc1. The molecule has 0 bridgehead atoms. The predicted molar refractivity (Wildman–Crippen MR) is 127 cm³/mol. The lowest BCUT2D eigenvalue weighted by molar-refractivity contribution is 1.26. The number of thioether (sulfide) groups is 1. The smallest absolute Gasteiger partial charge is 0.101 e. The van der Waals surface area contributed by atoms with E-state index in [0.717, 1.165) is 22.5 Å². The van der Waals surface area contributed by atoms with Crippen molar-refractivity contribution in [2.45, 2.75) is 13.8 Å². The molecule has 0 spiro atoms. The Balaban J connectivity index is 2.36. The molecule has 3 nitrogen and oxygen atoms in total. The molecule has 4 heteroatoms. The van der Waals surface area contributed by atoms with Gasteiger partial charge in [-0.2, -0.15) is 5.26 Å². The zero-order valence-corrected chi connectivity index (χ0v) is 17.8. The molecular formula is C25H25N3S. The Morgan fingerprint density at radius 3 is 2.48 bits per heavy atom. The number of nitrogens with zero attached hydrogens (tertiary/aromatic N) is 2.